The Morgan fingerprint density at radius 1 is 0.963 bits per heavy atom. The van der Waals surface area contributed by atoms with Crippen LogP contribution in [0.1, 0.15) is 27.0 Å². The van der Waals surface area contributed by atoms with Crippen LogP contribution >= 0.6 is 0 Å². The maximum Gasteiger partial charge on any atom is 0.257 e. The summed E-state index contributed by atoms with van der Waals surface area (Å²) < 4.78 is 1.82. The quantitative estimate of drug-likeness (QED) is 0.563. The second kappa shape index (κ2) is 7.08. The van der Waals surface area contributed by atoms with Crippen LogP contribution in [-0.2, 0) is 6.54 Å². The predicted octanol–water partition coefficient (Wildman–Crippen LogP) is 4.95. The molecule has 4 heteroatoms. The highest BCUT2D eigenvalue weighted by atomic mass is 16.1. The molecule has 0 saturated carbocycles. The Kier molecular flexibility index (Phi) is 4.47. The van der Waals surface area contributed by atoms with Crippen LogP contribution in [0.15, 0.2) is 72.9 Å². The minimum atomic E-state index is -0.115. The summed E-state index contributed by atoms with van der Waals surface area (Å²) in [5, 5.41) is 9.81. The maximum atomic E-state index is 12.7. The standard InChI is InChI=1S/C23H21N3O/c1-16-7-5-12-20(17(16)2)23(27)25-22-13-14-24-26(22)15-19-10-6-9-18-8-3-4-11-21(18)19/h3-14H,15H2,1-2H3,(H,25,27). The maximum absolute atomic E-state index is 12.7. The van der Waals surface area contributed by atoms with Crippen LogP contribution in [0.4, 0.5) is 5.82 Å². The Labute approximate surface area is 158 Å². The fourth-order valence-corrected chi connectivity index (χ4v) is 3.34. The SMILES string of the molecule is Cc1cccc(C(=O)Nc2ccnn2Cc2cccc3ccccc23)c1C. The minimum Gasteiger partial charge on any atom is -0.307 e. The molecule has 0 radical (unpaired) electrons. The molecule has 3 aromatic carbocycles. The summed E-state index contributed by atoms with van der Waals surface area (Å²) >= 11 is 0. The molecule has 1 amide bonds. The van der Waals surface area contributed by atoms with Crippen LogP contribution in [0, 0.1) is 13.8 Å². The molecule has 0 aliphatic carbocycles. The van der Waals surface area contributed by atoms with Gasteiger partial charge >= 0.3 is 0 Å². The fraction of sp³-hybridized carbons (Fsp3) is 0.130. The average molecular weight is 355 g/mol. The first-order chi connectivity index (χ1) is 13.1. The van der Waals surface area contributed by atoms with E-state index in [1.807, 2.05) is 54.9 Å². The molecule has 1 heterocycles. The molecule has 4 aromatic rings. The van der Waals surface area contributed by atoms with Gasteiger partial charge < -0.3 is 5.32 Å². The van der Waals surface area contributed by atoms with Crippen molar-refractivity contribution in [3.05, 3.63) is 95.2 Å². The number of anilines is 1. The number of aryl methyl sites for hydroxylation is 1. The van der Waals surface area contributed by atoms with Crippen LogP contribution in [0.3, 0.4) is 0 Å². The molecule has 0 atom stereocenters. The first kappa shape index (κ1) is 17.0. The normalized spacial score (nSPS) is 10.9. The van der Waals surface area contributed by atoms with E-state index in [2.05, 4.69) is 40.7 Å². The van der Waals surface area contributed by atoms with Crippen LogP contribution < -0.4 is 5.32 Å². The van der Waals surface area contributed by atoms with Gasteiger partial charge in [-0.2, -0.15) is 5.10 Å². The van der Waals surface area contributed by atoms with Crippen LogP contribution in [0.5, 0.6) is 0 Å². The number of nitrogens with zero attached hydrogens (tertiary/aromatic N) is 2. The smallest absolute Gasteiger partial charge is 0.257 e. The monoisotopic (exact) mass is 355 g/mol. The number of carbonyl (C=O) groups is 1. The third kappa shape index (κ3) is 3.34. The van der Waals surface area contributed by atoms with Gasteiger partial charge in [0.15, 0.2) is 0 Å². The zero-order valence-electron chi connectivity index (χ0n) is 15.4. The van der Waals surface area contributed by atoms with Gasteiger partial charge in [-0.05, 0) is 47.4 Å². The molecule has 0 saturated heterocycles. The van der Waals surface area contributed by atoms with Gasteiger partial charge in [0.1, 0.15) is 5.82 Å². The lowest BCUT2D eigenvalue weighted by Crippen LogP contribution is -2.17. The summed E-state index contributed by atoms with van der Waals surface area (Å²) in [5.74, 6) is 0.574. The van der Waals surface area contributed by atoms with E-state index in [0.717, 1.165) is 11.1 Å². The molecule has 0 aliphatic rings. The third-order valence-electron chi connectivity index (χ3n) is 5.01. The zero-order chi connectivity index (χ0) is 18.8. The molecule has 4 rings (SSSR count). The Hall–Kier alpha value is -3.40. The van der Waals surface area contributed by atoms with Crippen molar-refractivity contribution < 1.29 is 4.79 Å². The molecule has 0 spiro atoms. The number of benzene rings is 3. The van der Waals surface area contributed by atoms with Gasteiger partial charge in [0.2, 0.25) is 0 Å². The van der Waals surface area contributed by atoms with Gasteiger partial charge in [-0.3, -0.25) is 4.79 Å². The van der Waals surface area contributed by atoms with Crippen molar-refractivity contribution in [1.82, 2.24) is 9.78 Å². The van der Waals surface area contributed by atoms with E-state index in [1.165, 1.54) is 16.3 Å². The molecular formula is C23H21N3O. The molecule has 134 valence electrons. The van der Waals surface area contributed by atoms with Crippen molar-refractivity contribution >= 4 is 22.5 Å². The van der Waals surface area contributed by atoms with E-state index in [0.29, 0.717) is 17.9 Å². The predicted molar refractivity (Wildman–Crippen MR) is 109 cm³/mol. The lowest BCUT2D eigenvalue weighted by atomic mass is 10.0. The second-order valence-electron chi connectivity index (χ2n) is 6.71. The summed E-state index contributed by atoms with van der Waals surface area (Å²) in [5.41, 5.74) is 3.95. The summed E-state index contributed by atoms with van der Waals surface area (Å²) in [6.45, 7) is 4.57. The van der Waals surface area contributed by atoms with Crippen LogP contribution in [0.25, 0.3) is 10.8 Å². The van der Waals surface area contributed by atoms with Gasteiger partial charge in [-0.1, -0.05) is 54.6 Å². The topological polar surface area (TPSA) is 46.9 Å². The number of carbonyl (C=O) groups excluding carboxylic acids is 1. The van der Waals surface area contributed by atoms with Crippen molar-refractivity contribution in [3.63, 3.8) is 0 Å². The first-order valence-electron chi connectivity index (χ1n) is 8.99. The second-order valence-corrected chi connectivity index (χ2v) is 6.71. The molecule has 1 N–H and O–H groups in total. The number of rotatable bonds is 4. The highest BCUT2D eigenvalue weighted by molar-refractivity contribution is 6.05. The van der Waals surface area contributed by atoms with Crippen LogP contribution in [0.2, 0.25) is 0 Å². The third-order valence-corrected chi connectivity index (χ3v) is 5.01. The number of aromatic nitrogens is 2. The van der Waals surface area contributed by atoms with E-state index in [1.54, 1.807) is 6.20 Å². The Balaban J connectivity index is 1.61. The molecule has 27 heavy (non-hydrogen) atoms. The van der Waals surface area contributed by atoms with Crippen LogP contribution in [-0.4, -0.2) is 15.7 Å². The van der Waals surface area contributed by atoms with Crippen molar-refractivity contribution in [3.8, 4) is 0 Å². The van der Waals surface area contributed by atoms with Crippen molar-refractivity contribution in [2.75, 3.05) is 5.32 Å². The average Bonchev–Trinajstić information content (AvgIpc) is 3.11. The minimum absolute atomic E-state index is 0.115. The molecule has 1 aromatic heterocycles. The molecular weight excluding hydrogens is 334 g/mol. The largest absolute Gasteiger partial charge is 0.307 e. The summed E-state index contributed by atoms with van der Waals surface area (Å²) in [4.78, 5) is 12.7. The van der Waals surface area contributed by atoms with Gasteiger partial charge in [-0.15, -0.1) is 0 Å². The van der Waals surface area contributed by atoms with Gasteiger partial charge in [0.05, 0.1) is 12.7 Å². The fourth-order valence-electron chi connectivity index (χ4n) is 3.34. The number of hydrogen-bond donors (Lipinski definition) is 1. The van der Waals surface area contributed by atoms with E-state index >= 15 is 0 Å². The zero-order valence-corrected chi connectivity index (χ0v) is 15.4. The van der Waals surface area contributed by atoms with Gasteiger partial charge in [0, 0.05) is 11.6 Å². The van der Waals surface area contributed by atoms with Crippen molar-refractivity contribution in [2.24, 2.45) is 0 Å². The number of amides is 1. The molecule has 4 nitrogen and oxygen atoms in total. The Morgan fingerprint density at radius 2 is 1.74 bits per heavy atom. The van der Waals surface area contributed by atoms with Gasteiger partial charge in [0.25, 0.3) is 5.91 Å². The van der Waals surface area contributed by atoms with Gasteiger partial charge in [-0.25, -0.2) is 4.68 Å². The molecule has 0 unspecified atom stereocenters. The number of nitrogens with one attached hydrogen (secondary N) is 1. The molecule has 0 aliphatic heterocycles. The van der Waals surface area contributed by atoms with E-state index in [4.69, 9.17) is 0 Å². The Bertz CT molecular complexity index is 1120. The van der Waals surface area contributed by atoms with E-state index in [9.17, 15) is 4.79 Å². The highest BCUT2D eigenvalue weighted by Gasteiger charge is 2.13. The van der Waals surface area contributed by atoms with E-state index in [-0.39, 0.29) is 5.91 Å². The van der Waals surface area contributed by atoms with Crippen molar-refractivity contribution in [1.29, 1.82) is 0 Å². The Morgan fingerprint density at radius 3 is 2.63 bits per heavy atom. The number of hydrogen-bond acceptors (Lipinski definition) is 2. The van der Waals surface area contributed by atoms with Crippen molar-refractivity contribution in [2.45, 2.75) is 20.4 Å². The molecule has 0 bridgehead atoms. The van der Waals surface area contributed by atoms with E-state index < -0.39 is 0 Å². The highest BCUT2D eigenvalue weighted by Crippen LogP contribution is 2.21. The summed E-state index contributed by atoms with van der Waals surface area (Å²) in [6.07, 6.45) is 1.71. The lowest BCUT2D eigenvalue weighted by Gasteiger charge is -2.12. The molecule has 0 fully saturated rings. The summed E-state index contributed by atoms with van der Waals surface area (Å²) in [6, 6.07) is 22.1. The summed E-state index contributed by atoms with van der Waals surface area (Å²) in [7, 11) is 0. The lowest BCUT2D eigenvalue weighted by molar-refractivity contribution is 0.102. The number of fused-ring (bicyclic) bond motifs is 1. The first-order valence-corrected chi connectivity index (χ1v) is 8.99.